The number of amides is 1. The van der Waals surface area contributed by atoms with Crippen LogP contribution in [-0.2, 0) is 46.8 Å². The number of rotatable bonds is 7. The standard InChI is InChI=1S/C31H36F3N5O3S/c1-43(41,42)37-19-13-26-28(14-20-37)38(35-30(26)22-7-9-24(10-8-22)31(32,33)34)16-4-15-36-17-11-25(12-18-36)39-27-6-3-2-5-23(27)21-29(39)40/h2-3,5-10,25H,4,11-21H2,1H3. The molecule has 1 amide bonds. The van der Waals surface area contributed by atoms with E-state index in [9.17, 15) is 26.4 Å². The number of sulfonamides is 1. The Morgan fingerprint density at radius 2 is 1.63 bits per heavy atom. The monoisotopic (exact) mass is 615 g/mol. The summed E-state index contributed by atoms with van der Waals surface area (Å²) in [6.07, 6.45) is 0.847. The lowest BCUT2D eigenvalue weighted by molar-refractivity contribution is -0.137. The summed E-state index contributed by atoms with van der Waals surface area (Å²) in [5.41, 5.74) is 4.50. The van der Waals surface area contributed by atoms with E-state index in [1.807, 2.05) is 33.8 Å². The molecule has 2 aromatic carbocycles. The molecule has 3 aliphatic heterocycles. The maximum Gasteiger partial charge on any atom is 0.416 e. The first-order valence-electron chi connectivity index (χ1n) is 14.8. The highest BCUT2D eigenvalue weighted by molar-refractivity contribution is 7.88. The van der Waals surface area contributed by atoms with E-state index in [1.54, 1.807) is 0 Å². The smallest absolute Gasteiger partial charge is 0.309 e. The van der Waals surface area contributed by atoms with Crippen molar-refractivity contribution in [3.05, 3.63) is 70.9 Å². The second kappa shape index (κ2) is 11.7. The van der Waals surface area contributed by atoms with Crippen molar-refractivity contribution >= 4 is 21.6 Å². The van der Waals surface area contributed by atoms with Crippen LogP contribution in [-0.4, -0.2) is 78.3 Å². The molecule has 0 bridgehead atoms. The van der Waals surface area contributed by atoms with Gasteiger partial charge in [-0.25, -0.2) is 12.7 Å². The third-order valence-electron chi connectivity index (χ3n) is 8.96. The molecule has 0 N–H and O–H groups in total. The quantitative estimate of drug-likeness (QED) is 0.395. The van der Waals surface area contributed by atoms with Gasteiger partial charge in [0.1, 0.15) is 0 Å². The van der Waals surface area contributed by atoms with Gasteiger partial charge >= 0.3 is 6.18 Å². The topological polar surface area (TPSA) is 78.8 Å². The average molecular weight is 616 g/mol. The highest BCUT2D eigenvalue weighted by Gasteiger charge is 2.35. The highest BCUT2D eigenvalue weighted by Crippen LogP contribution is 2.35. The number of aromatic nitrogens is 2. The van der Waals surface area contributed by atoms with Gasteiger partial charge in [-0.2, -0.15) is 18.3 Å². The van der Waals surface area contributed by atoms with Gasteiger partial charge in [0.05, 0.1) is 23.9 Å². The molecule has 6 rings (SSSR count). The lowest BCUT2D eigenvalue weighted by atomic mass is 10.0. The number of anilines is 1. The minimum Gasteiger partial charge on any atom is -0.309 e. The number of hydrogen-bond donors (Lipinski definition) is 0. The summed E-state index contributed by atoms with van der Waals surface area (Å²) in [4.78, 5) is 17.1. The fraction of sp³-hybridized carbons (Fsp3) is 0.484. The summed E-state index contributed by atoms with van der Waals surface area (Å²) in [7, 11) is -3.37. The number of nitrogens with zero attached hydrogens (tertiary/aromatic N) is 5. The number of alkyl halides is 3. The summed E-state index contributed by atoms with van der Waals surface area (Å²) in [5.74, 6) is 0.178. The van der Waals surface area contributed by atoms with Crippen molar-refractivity contribution in [3.63, 3.8) is 0 Å². The van der Waals surface area contributed by atoms with Gasteiger partial charge in [-0.3, -0.25) is 9.48 Å². The lowest BCUT2D eigenvalue weighted by Gasteiger charge is -2.37. The van der Waals surface area contributed by atoms with E-state index in [2.05, 4.69) is 4.90 Å². The molecule has 4 heterocycles. The highest BCUT2D eigenvalue weighted by atomic mass is 32.2. The van der Waals surface area contributed by atoms with Gasteiger partial charge in [0.15, 0.2) is 0 Å². The van der Waals surface area contributed by atoms with E-state index in [0.29, 0.717) is 50.2 Å². The molecule has 3 aromatic rings. The Bertz CT molecular complexity index is 1600. The van der Waals surface area contributed by atoms with Crippen molar-refractivity contribution in [3.8, 4) is 11.3 Å². The zero-order valence-corrected chi connectivity index (χ0v) is 25.0. The fourth-order valence-electron chi connectivity index (χ4n) is 6.74. The zero-order valence-electron chi connectivity index (χ0n) is 24.2. The molecule has 8 nitrogen and oxygen atoms in total. The van der Waals surface area contributed by atoms with E-state index < -0.39 is 21.8 Å². The molecule has 230 valence electrons. The Hall–Kier alpha value is -3.22. The number of halogens is 3. The molecule has 1 fully saturated rings. The van der Waals surface area contributed by atoms with Crippen molar-refractivity contribution in [1.82, 2.24) is 19.0 Å². The predicted octanol–water partition coefficient (Wildman–Crippen LogP) is 4.37. The Morgan fingerprint density at radius 1 is 0.930 bits per heavy atom. The molecule has 43 heavy (non-hydrogen) atoms. The van der Waals surface area contributed by atoms with Crippen LogP contribution in [0.3, 0.4) is 0 Å². The second-order valence-electron chi connectivity index (χ2n) is 11.7. The van der Waals surface area contributed by atoms with Gasteiger partial charge in [0.25, 0.3) is 0 Å². The summed E-state index contributed by atoms with van der Waals surface area (Å²) in [6, 6.07) is 13.3. The Morgan fingerprint density at radius 3 is 2.33 bits per heavy atom. The van der Waals surface area contributed by atoms with E-state index in [1.165, 1.54) is 22.7 Å². The molecule has 3 aliphatic rings. The van der Waals surface area contributed by atoms with Gasteiger partial charge < -0.3 is 9.80 Å². The summed E-state index contributed by atoms with van der Waals surface area (Å²) < 4.78 is 67.5. The van der Waals surface area contributed by atoms with E-state index in [4.69, 9.17) is 5.10 Å². The molecular weight excluding hydrogens is 579 g/mol. The van der Waals surface area contributed by atoms with E-state index in [-0.39, 0.29) is 11.9 Å². The predicted molar refractivity (Wildman–Crippen MR) is 158 cm³/mol. The average Bonchev–Trinajstić information content (AvgIpc) is 3.38. The number of aryl methyl sites for hydroxylation is 1. The van der Waals surface area contributed by atoms with Crippen LogP contribution < -0.4 is 4.90 Å². The van der Waals surface area contributed by atoms with Crippen LogP contribution >= 0.6 is 0 Å². The third-order valence-corrected chi connectivity index (χ3v) is 10.3. The fourth-order valence-corrected chi connectivity index (χ4v) is 7.59. The normalized spacial score (nSPS) is 19.0. The number of carbonyl (C=O) groups excluding carboxylic acids is 1. The first-order chi connectivity index (χ1) is 20.5. The van der Waals surface area contributed by atoms with Gasteiger partial charge in [-0.1, -0.05) is 30.3 Å². The van der Waals surface area contributed by atoms with Crippen LogP contribution in [0.1, 0.15) is 41.6 Å². The number of likely N-dealkylation sites (tertiary alicyclic amines) is 1. The van der Waals surface area contributed by atoms with Gasteiger partial charge in [-0.05, 0) is 56.0 Å². The van der Waals surface area contributed by atoms with Crippen molar-refractivity contribution in [1.29, 1.82) is 0 Å². The number of benzene rings is 2. The molecule has 1 saturated heterocycles. The van der Waals surface area contributed by atoms with E-state index >= 15 is 0 Å². The van der Waals surface area contributed by atoms with Crippen molar-refractivity contribution in [2.24, 2.45) is 0 Å². The first-order valence-corrected chi connectivity index (χ1v) is 16.7. The molecule has 12 heteroatoms. The molecular formula is C31H36F3N5O3S. The molecule has 1 aromatic heterocycles. The minimum absolute atomic E-state index is 0.178. The maximum absolute atomic E-state index is 13.2. The van der Waals surface area contributed by atoms with Crippen molar-refractivity contribution < 1.29 is 26.4 Å². The summed E-state index contributed by atoms with van der Waals surface area (Å²) in [6.45, 7) is 3.93. The number of carbonyl (C=O) groups is 1. The number of piperidine rings is 1. The Kier molecular flexibility index (Phi) is 8.12. The van der Waals surface area contributed by atoms with Crippen LogP contribution in [0, 0.1) is 0 Å². The largest absolute Gasteiger partial charge is 0.416 e. The van der Waals surface area contributed by atoms with Crippen LogP contribution in [0.25, 0.3) is 11.3 Å². The Labute approximate surface area is 250 Å². The second-order valence-corrected chi connectivity index (χ2v) is 13.7. The van der Waals surface area contributed by atoms with Crippen LogP contribution in [0.15, 0.2) is 48.5 Å². The molecule has 0 spiro atoms. The van der Waals surface area contributed by atoms with Crippen molar-refractivity contribution in [2.75, 3.05) is 43.9 Å². The minimum atomic E-state index is -4.42. The van der Waals surface area contributed by atoms with Crippen molar-refractivity contribution in [2.45, 2.75) is 57.3 Å². The molecule has 0 radical (unpaired) electrons. The third kappa shape index (κ3) is 6.23. The Balaban J connectivity index is 1.13. The summed E-state index contributed by atoms with van der Waals surface area (Å²) in [5, 5.41) is 4.86. The van der Waals surface area contributed by atoms with Crippen LogP contribution in [0.2, 0.25) is 0 Å². The van der Waals surface area contributed by atoms with Crippen LogP contribution in [0.5, 0.6) is 0 Å². The van der Waals surface area contributed by atoms with E-state index in [0.717, 1.165) is 73.5 Å². The number of hydrogen-bond acceptors (Lipinski definition) is 5. The number of para-hydroxylation sites is 1. The summed E-state index contributed by atoms with van der Waals surface area (Å²) >= 11 is 0. The lowest BCUT2D eigenvalue weighted by Crippen LogP contribution is -2.46. The maximum atomic E-state index is 13.2. The molecule has 0 atom stereocenters. The van der Waals surface area contributed by atoms with Gasteiger partial charge in [-0.15, -0.1) is 0 Å². The molecule has 0 saturated carbocycles. The van der Waals surface area contributed by atoms with Gasteiger partial charge in [0, 0.05) is 67.7 Å². The van der Waals surface area contributed by atoms with Gasteiger partial charge in [0.2, 0.25) is 15.9 Å². The van der Waals surface area contributed by atoms with Crippen LogP contribution in [0.4, 0.5) is 18.9 Å². The first kappa shape index (κ1) is 29.8. The molecule has 0 unspecified atom stereocenters. The number of fused-ring (bicyclic) bond motifs is 2. The zero-order chi connectivity index (χ0) is 30.4. The SMILES string of the molecule is CS(=O)(=O)N1CCc2c(-c3ccc(C(F)(F)F)cc3)nn(CCCN3CCC(N4C(=O)Cc5ccccc54)CC3)c2CC1. The molecule has 0 aliphatic carbocycles.